The molecule has 0 aliphatic carbocycles. The second-order valence-electron chi connectivity index (χ2n) is 4.65. The smallest absolute Gasteiger partial charge is 0.125 e. The molecule has 0 bridgehead atoms. The van der Waals surface area contributed by atoms with E-state index in [1.165, 1.54) is 0 Å². The zero-order valence-electron chi connectivity index (χ0n) is 12.0. The van der Waals surface area contributed by atoms with Gasteiger partial charge in [-0.05, 0) is 26.2 Å². The number of nitrogens with zero attached hydrogens (tertiary/aromatic N) is 1. The maximum absolute atomic E-state index is 5.98. The molecular weight excluding hydrogens is 244 g/mol. The molecule has 1 aromatic heterocycles. The number of aromatic nitrogens is 1. The fraction of sp³-hybridized carbons (Fsp3) is 0.786. The normalized spacial score (nSPS) is 13.8. The molecule has 4 heteroatoms. The van der Waals surface area contributed by atoms with Gasteiger partial charge in [0.05, 0.1) is 5.69 Å². The Balaban J connectivity index is 2.87. The minimum atomic E-state index is -0.200. The second kappa shape index (κ2) is 7.22. The first kappa shape index (κ1) is 15.6. The van der Waals surface area contributed by atoms with Crippen molar-refractivity contribution < 1.29 is 4.74 Å². The minimum Gasteiger partial charge on any atom is -0.368 e. The van der Waals surface area contributed by atoms with Crippen LogP contribution in [0.2, 0.25) is 0 Å². The van der Waals surface area contributed by atoms with E-state index in [4.69, 9.17) is 15.5 Å². The molecule has 1 heterocycles. The van der Waals surface area contributed by atoms with Crippen LogP contribution in [0.1, 0.15) is 57.7 Å². The third-order valence-electron chi connectivity index (χ3n) is 3.50. The van der Waals surface area contributed by atoms with Crippen molar-refractivity contribution in [2.24, 2.45) is 5.73 Å². The van der Waals surface area contributed by atoms with E-state index in [9.17, 15) is 0 Å². The van der Waals surface area contributed by atoms with Gasteiger partial charge in [-0.25, -0.2) is 4.98 Å². The minimum absolute atomic E-state index is 0.200. The van der Waals surface area contributed by atoms with Crippen LogP contribution in [0.4, 0.5) is 0 Å². The molecule has 0 aliphatic heterocycles. The van der Waals surface area contributed by atoms with Crippen LogP contribution < -0.4 is 5.73 Å². The van der Waals surface area contributed by atoms with Gasteiger partial charge in [-0.2, -0.15) is 0 Å². The predicted molar refractivity (Wildman–Crippen MR) is 78.0 cm³/mol. The highest BCUT2D eigenvalue weighted by molar-refractivity contribution is 7.09. The zero-order chi connectivity index (χ0) is 13.6. The molecule has 2 N–H and O–H groups in total. The number of ether oxygens (including phenoxy) is 1. The van der Waals surface area contributed by atoms with Crippen LogP contribution in [0.3, 0.4) is 0 Å². The van der Waals surface area contributed by atoms with Crippen molar-refractivity contribution in [2.45, 2.75) is 65.0 Å². The summed E-state index contributed by atoms with van der Waals surface area (Å²) < 4.78 is 5.98. The molecule has 18 heavy (non-hydrogen) atoms. The van der Waals surface area contributed by atoms with Gasteiger partial charge in [0.1, 0.15) is 10.6 Å². The van der Waals surface area contributed by atoms with Crippen LogP contribution in [-0.2, 0) is 16.8 Å². The highest BCUT2D eigenvalue weighted by Gasteiger charge is 2.32. The quantitative estimate of drug-likeness (QED) is 0.787. The summed E-state index contributed by atoms with van der Waals surface area (Å²) in [5, 5.41) is 3.23. The monoisotopic (exact) mass is 270 g/mol. The maximum atomic E-state index is 5.98. The molecule has 1 atom stereocenters. The molecule has 3 nitrogen and oxygen atoms in total. The topological polar surface area (TPSA) is 48.1 Å². The van der Waals surface area contributed by atoms with Crippen LogP contribution in [0.5, 0.6) is 0 Å². The average Bonchev–Trinajstić information content (AvgIpc) is 2.84. The molecule has 1 unspecified atom stereocenters. The highest BCUT2D eigenvalue weighted by atomic mass is 32.1. The Kier molecular flexibility index (Phi) is 6.26. The van der Waals surface area contributed by atoms with Crippen LogP contribution in [0, 0.1) is 0 Å². The lowest BCUT2D eigenvalue weighted by Gasteiger charge is -2.29. The summed E-state index contributed by atoms with van der Waals surface area (Å²) in [4.78, 5) is 4.74. The third kappa shape index (κ3) is 3.53. The molecular formula is C14H26N2OS. The van der Waals surface area contributed by atoms with E-state index in [1.54, 1.807) is 11.3 Å². The molecule has 0 saturated carbocycles. The standard InChI is InChI=1S/C14H26N2OS/c1-5-11(15)9-12-10-18-13(16-12)14(6-2,7-3)17-8-4/h10-11H,5-9,15H2,1-4H3. The van der Waals surface area contributed by atoms with Gasteiger partial charge in [0.2, 0.25) is 0 Å². The van der Waals surface area contributed by atoms with Gasteiger partial charge in [0.25, 0.3) is 0 Å². The summed E-state index contributed by atoms with van der Waals surface area (Å²) in [6.45, 7) is 9.21. The van der Waals surface area contributed by atoms with E-state index >= 15 is 0 Å². The van der Waals surface area contributed by atoms with Crippen molar-refractivity contribution in [3.63, 3.8) is 0 Å². The largest absolute Gasteiger partial charge is 0.368 e. The fourth-order valence-electron chi connectivity index (χ4n) is 2.12. The lowest BCUT2D eigenvalue weighted by Crippen LogP contribution is -2.28. The second-order valence-corrected chi connectivity index (χ2v) is 5.51. The van der Waals surface area contributed by atoms with Crippen LogP contribution in [-0.4, -0.2) is 17.6 Å². The average molecular weight is 270 g/mol. The molecule has 0 saturated heterocycles. The summed E-state index contributed by atoms with van der Waals surface area (Å²) in [5.41, 5.74) is 6.89. The lowest BCUT2D eigenvalue weighted by molar-refractivity contribution is -0.0507. The molecule has 0 spiro atoms. The van der Waals surface area contributed by atoms with Gasteiger partial charge >= 0.3 is 0 Å². The van der Waals surface area contributed by atoms with E-state index in [2.05, 4.69) is 26.2 Å². The zero-order valence-corrected chi connectivity index (χ0v) is 12.8. The predicted octanol–water partition coefficient (Wildman–Crippen LogP) is 3.47. The van der Waals surface area contributed by atoms with Crippen molar-refractivity contribution >= 4 is 11.3 Å². The van der Waals surface area contributed by atoms with E-state index < -0.39 is 0 Å². The Labute approximate surface area is 115 Å². The molecule has 0 amide bonds. The Morgan fingerprint density at radius 2 is 2.00 bits per heavy atom. The first-order chi connectivity index (χ1) is 8.61. The number of thiazole rings is 1. The highest BCUT2D eigenvalue weighted by Crippen LogP contribution is 2.35. The van der Waals surface area contributed by atoms with Gasteiger partial charge in [0.15, 0.2) is 0 Å². The Morgan fingerprint density at radius 3 is 2.50 bits per heavy atom. The summed E-state index contributed by atoms with van der Waals surface area (Å²) in [6.07, 6.45) is 3.78. The van der Waals surface area contributed by atoms with Crippen molar-refractivity contribution in [1.82, 2.24) is 4.98 Å². The first-order valence-electron chi connectivity index (χ1n) is 6.96. The van der Waals surface area contributed by atoms with Crippen LogP contribution in [0.15, 0.2) is 5.38 Å². The summed E-state index contributed by atoms with van der Waals surface area (Å²) in [6, 6.07) is 0.213. The van der Waals surface area contributed by atoms with Crippen LogP contribution >= 0.6 is 11.3 Å². The summed E-state index contributed by atoms with van der Waals surface area (Å²) >= 11 is 1.71. The van der Waals surface area contributed by atoms with E-state index in [-0.39, 0.29) is 11.6 Å². The lowest BCUT2D eigenvalue weighted by atomic mass is 9.98. The van der Waals surface area contributed by atoms with Gasteiger partial charge in [-0.15, -0.1) is 11.3 Å². The third-order valence-corrected chi connectivity index (χ3v) is 4.58. The molecule has 0 aromatic carbocycles. The Hall–Kier alpha value is -0.450. The summed E-state index contributed by atoms with van der Waals surface area (Å²) in [7, 11) is 0. The van der Waals surface area contributed by atoms with Crippen molar-refractivity contribution in [3.05, 3.63) is 16.1 Å². The Bertz CT molecular complexity index is 347. The van der Waals surface area contributed by atoms with Gasteiger partial charge < -0.3 is 10.5 Å². The maximum Gasteiger partial charge on any atom is 0.125 e. The number of rotatable bonds is 8. The van der Waals surface area contributed by atoms with Gasteiger partial charge in [-0.3, -0.25) is 0 Å². The molecule has 0 fully saturated rings. The fourth-order valence-corrected chi connectivity index (χ4v) is 3.25. The van der Waals surface area contributed by atoms with Crippen LogP contribution in [0.25, 0.3) is 0 Å². The van der Waals surface area contributed by atoms with Crippen molar-refractivity contribution in [2.75, 3.05) is 6.61 Å². The number of hydrogen-bond acceptors (Lipinski definition) is 4. The van der Waals surface area contributed by atoms with Crippen molar-refractivity contribution in [1.29, 1.82) is 0 Å². The SMILES string of the molecule is CCOC(CC)(CC)c1nc(CC(N)CC)cs1. The van der Waals surface area contributed by atoms with E-state index in [0.29, 0.717) is 0 Å². The van der Waals surface area contributed by atoms with Crippen molar-refractivity contribution in [3.8, 4) is 0 Å². The van der Waals surface area contributed by atoms with E-state index in [1.807, 2.05) is 6.92 Å². The first-order valence-corrected chi connectivity index (χ1v) is 7.84. The van der Waals surface area contributed by atoms with E-state index in [0.717, 1.165) is 43.0 Å². The molecule has 0 aliphatic rings. The molecule has 104 valence electrons. The number of hydrogen-bond donors (Lipinski definition) is 1. The summed E-state index contributed by atoms with van der Waals surface area (Å²) in [5.74, 6) is 0. The molecule has 0 radical (unpaired) electrons. The Morgan fingerprint density at radius 1 is 1.33 bits per heavy atom. The molecule has 1 aromatic rings. The van der Waals surface area contributed by atoms with Gasteiger partial charge in [0, 0.05) is 24.4 Å². The molecule has 1 rings (SSSR count). The van der Waals surface area contributed by atoms with Gasteiger partial charge in [-0.1, -0.05) is 20.8 Å². The number of nitrogens with two attached hydrogens (primary N) is 1.